The zero-order valence-corrected chi connectivity index (χ0v) is 17.1. The number of amides is 2. The fourth-order valence-corrected chi connectivity index (χ4v) is 3.62. The van der Waals surface area contributed by atoms with Gasteiger partial charge in [-0.1, -0.05) is 0 Å². The molecule has 158 valence electrons. The zero-order valence-electron chi connectivity index (χ0n) is 17.1. The number of carbonyl (C=O) groups excluding carboxylic acids is 2. The number of benzene rings is 2. The van der Waals surface area contributed by atoms with E-state index in [4.69, 9.17) is 18.9 Å². The Morgan fingerprint density at radius 3 is 2.13 bits per heavy atom. The van der Waals surface area contributed by atoms with Crippen molar-refractivity contribution in [3.8, 4) is 23.0 Å². The van der Waals surface area contributed by atoms with Crippen LogP contribution in [0, 0.1) is 0 Å². The molecule has 0 unspecified atom stereocenters. The highest BCUT2D eigenvalue weighted by molar-refractivity contribution is 5.98. The number of nitrogens with zero attached hydrogens (tertiary/aromatic N) is 2. The molecule has 1 saturated heterocycles. The van der Waals surface area contributed by atoms with Gasteiger partial charge in [0.05, 0.1) is 19.8 Å². The van der Waals surface area contributed by atoms with Crippen molar-refractivity contribution in [1.29, 1.82) is 0 Å². The smallest absolute Gasteiger partial charge is 0.257 e. The number of hydrogen-bond donors (Lipinski definition) is 0. The van der Waals surface area contributed by atoms with Crippen LogP contribution in [0.2, 0.25) is 0 Å². The highest BCUT2D eigenvalue weighted by atomic mass is 16.6. The summed E-state index contributed by atoms with van der Waals surface area (Å²) < 4.78 is 21.6. The maximum absolute atomic E-state index is 13.0. The van der Waals surface area contributed by atoms with Gasteiger partial charge in [-0.05, 0) is 30.3 Å². The van der Waals surface area contributed by atoms with Crippen LogP contribution >= 0.6 is 0 Å². The molecule has 8 nitrogen and oxygen atoms in total. The predicted molar refractivity (Wildman–Crippen MR) is 109 cm³/mol. The van der Waals surface area contributed by atoms with Gasteiger partial charge in [0.25, 0.3) is 11.8 Å². The second kappa shape index (κ2) is 8.52. The van der Waals surface area contributed by atoms with E-state index in [0.29, 0.717) is 73.5 Å². The maximum Gasteiger partial charge on any atom is 0.257 e. The SMILES string of the molecule is COc1ccc(C(=O)N2CCN(C(=O)c3ccc4c(c3)OCCO4)CC2)c(OC)c1. The summed E-state index contributed by atoms with van der Waals surface area (Å²) in [4.78, 5) is 29.3. The van der Waals surface area contributed by atoms with Crippen molar-refractivity contribution in [3.05, 3.63) is 47.5 Å². The molecule has 2 heterocycles. The Hall–Kier alpha value is -3.42. The fraction of sp³-hybridized carbons (Fsp3) is 0.364. The molecule has 2 aromatic carbocycles. The van der Waals surface area contributed by atoms with Crippen molar-refractivity contribution in [2.45, 2.75) is 0 Å². The minimum Gasteiger partial charge on any atom is -0.497 e. The van der Waals surface area contributed by atoms with Gasteiger partial charge in [-0.25, -0.2) is 0 Å². The van der Waals surface area contributed by atoms with Crippen LogP contribution in [0.1, 0.15) is 20.7 Å². The summed E-state index contributed by atoms with van der Waals surface area (Å²) >= 11 is 0. The highest BCUT2D eigenvalue weighted by Crippen LogP contribution is 2.31. The molecule has 4 rings (SSSR count). The van der Waals surface area contributed by atoms with Crippen LogP contribution < -0.4 is 18.9 Å². The third kappa shape index (κ3) is 3.85. The van der Waals surface area contributed by atoms with Crippen LogP contribution in [0.3, 0.4) is 0 Å². The first-order valence-corrected chi connectivity index (χ1v) is 9.81. The molecule has 0 saturated carbocycles. The Morgan fingerprint density at radius 1 is 0.800 bits per heavy atom. The van der Waals surface area contributed by atoms with Crippen LogP contribution in [0.15, 0.2) is 36.4 Å². The van der Waals surface area contributed by atoms with E-state index in [1.807, 2.05) is 0 Å². The first-order chi connectivity index (χ1) is 14.6. The van der Waals surface area contributed by atoms with Gasteiger partial charge in [0.15, 0.2) is 11.5 Å². The van der Waals surface area contributed by atoms with Crippen LogP contribution in [0.25, 0.3) is 0 Å². The number of rotatable bonds is 4. The molecular weight excluding hydrogens is 388 g/mol. The molecule has 0 spiro atoms. The Bertz CT molecular complexity index is 953. The Morgan fingerprint density at radius 2 is 1.47 bits per heavy atom. The second-order valence-corrected chi connectivity index (χ2v) is 7.01. The van der Waals surface area contributed by atoms with E-state index in [2.05, 4.69) is 0 Å². The largest absolute Gasteiger partial charge is 0.497 e. The van der Waals surface area contributed by atoms with Crippen molar-refractivity contribution in [2.24, 2.45) is 0 Å². The van der Waals surface area contributed by atoms with E-state index in [1.165, 1.54) is 7.11 Å². The summed E-state index contributed by atoms with van der Waals surface area (Å²) in [5, 5.41) is 0. The number of carbonyl (C=O) groups is 2. The van der Waals surface area contributed by atoms with Gasteiger partial charge in [-0.15, -0.1) is 0 Å². The first kappa shape index (κ1) is 19.9. The highest BCUT2D eigenvalue weighted by Gasteiger charge is 2.28. The second-order valence-electron chi connectivity index (χ2n) is 7.01. The first-order valence-electron chi connectivity index (χ1n) is 9.81. The van der Waals surface area contributed by atoms with Crippen molar-refractivity contribution in [2.75, 3.05) is 53.6 Å². The Kier molecular flexibility index (Phi) is 5.65. The lowest BCUT2D eigenvalue weighted by Gasteiger charge is -2.35. The molecule has 8 heteroatoms. The van der Waals surface area contributed by atoms with Gasteiger partial charge in [0.2, 0.25) is 0 Å². The molecule has 0 bridgehead atoms. The third-order valence-electron chi connectivity index (χ3n) is 5.28. The van der Waals surface area contributed by atoms with E-state index in [9.17, 15) is 9.59 Å². The van der Waals surface area contributed by atoms with E-state index < -0.39 is 0 Å². The van der Waals surface area contributed by atoms with Crippen molar-refractivity contribution < 1.29 is 28.5 Å². The van der Waals surface area contributed by atoms with Crippen molar-refractivity contribution in [3.63, 3.8) is 0 Å². The molecule has 2 amide bonds. The topological polar surface area (TPSA) is 77.5 Å². The molecular formula is C22H24N2O6. The van der Waals surface area contributed by atoms with Crippen LogP contribution in [0.5, 0.6) is 23.0 Å². The average molecular weight is 412 g/mol. The molecule has 30 heavy (non-hydrogen) atoms. The molecule has 0 aromatic heterocycles. The lowest BCUT2D eigenvalue weighted by atomic mass is 10.1. The third-order valence-corrected chi connectivity index (χ3v) is 5.28. The minimum absolute atomic E-state index is 0.0823. The lowest BCUT2D eigenvalue weighted by molar-refractivity contribution is 0.0533. The van der Waals surface area contributed by atoms with E-state index in [1.54, 1.807) is 53.3 Å². The summed E-state index contributed by atoms with van der Waals surface area (Å²) in [6, 6.07) is 10.3. The van der Waals surface area contributed by atoms with Gasteiger partial charge in [-0.3, -0.25) is 9.59 Å². The average Bonchev–Trinajstić information content (AvgIpc) is 2.82. The number of hydrogen-bond acceptors (Lipinski definition) is 6. The van der Waals surface area contributed by atoms with Gasteiger partial charge in [0.1, 0.15) is 24.7 Å². The number of methoxy groups -OCH3 is 2. The fourth-order valence-electron chi connectivity index (χ4n) is 3.62. The standard InChI is InChI=1S/C22H24N2O6/c1-27-16-4-5-17(19(14-16)28-2)22(26)24-9-7-23(8-10-24)21(25)15-3-6-18-20(13-15)30-12-11-29-18/h3-6,13-14H,7-12H2,1-2H3. The normalized spacial score (nSPS) is 15.5. The monoisotopic (exact) mass is 412 g/mol. The summed E-state index contributed by atoms with van der Waals surface area (Å²) in [5.74, 6) is 2.13. The molecule has 2 aliphatic rings. The molecule has 0 radical (unpaired) electrons. The lowest BCUT2D eigenvalue weighted by Crippen LogP contribution is -2.50. The van der Waals surface area contributed by atoms with Gasteiger partial charge < -0.3 is 28.7 Å². The van der Waals surface area contributed by atoms with E-state index in [0.717, 1.165) is 0 Å². The number of ether oxygens (including phenoxy) is 4. The van der Waals surface area contributed by atoms with E-state index in [-0.39, 0.29) is 11.8 Å². The van der Waals surface area contributed by atoms with Gasteiger partial charge in [0, 0.05) is 37.8 Å². The molecule has 1 fully saturated rings. The Balaban J connectivity index is 1.41. The minimum atomic E-state index is -0.124. The molecule has 2 aromatic rings. The predicted octanol–water partition coefficient (Wildman–Crippen LogP) is 2.07. The van der Waals surface area contributed by atoms with Crippen molar-refractivity contribution in [1.82, 2.24) is 9.80 Å². The summed E-state index contributed by atoms with van der Waals surface area (Å²) in [6.45, 7) is 2.79. The van der Waals surface area contributed by atoms with Crippen LogP contribution in [-0.2, 0) is 0 Å². The number of fused-ring (bicyclic) bond motifs is 1. The van der Waals surface area contributed by atoms with Crippen LogP contribution in [-0.4, -0.2) is 75.2 Å². The Labute approximate surface area is 174 Å². The molecule has 0 N–H and O–H groups in total. The number of piperazine rings is 1. The van der Waals surface area contributed by atoms with Gasteiger partial charge in [-0.2, -0.15) is 0 Å². The molecule has 2 aliphatic heterocycles. The molecule has 0 atom stereocenters. The molecule has 0 aliphatic carbocycles. The van der Waals surface area contributed by atoms with Crippen molar-refractivity contribution >= 4 is 11.8 Å². The zero-order chi connectivity index (χ0) is 21.1. The summed E-state index contributed by atoms with van der Waals surface area (Å²) in [5.41, 5.74) is 1.03. The maximum atomic E-state index is 13.0. The van der Waals surface area contributed by atoms with Gasteiger partial charge >= 0.3 is 0 Å². The van der Waals surface area contributed by atoms with Crippen LogP contribution in [0.4, 0.5) is 0 Å². The quantitative estimate of drug-likeness (QED) is 0.765. The summed E-state index contributed by atoms with van der Waals surface area (Å²) in [7, 11) is 3.09. The van der Waals surface area contributed by atoms with E-state index >= 15 is 0 Å². The summed E-state index contributed by atoms with van der Waals surface area (Å²) in [6.07, 6.45) is 0.